The monoisotopic (exact) mass is 215 g/mol. The second-order valence-corrected chi connectivity index (χ2v) is 3.22. The summed E-state index contributed by atoms with van der Waals surface area (Å²) >= 11 is 0. The fraction of sp³-hybridized carbons (Fsp3) is 0.182. The highest BCUT2D eigenvalue weighted by Crippen LogP contribution is 2.15. The summed E-state index contributed by atoms with van der Waals surface area (Å²) in [5.41, 5.74) is 0.354. The van der Waals surface area contributed by atoms with Gasteiger partial charge in [-0.15, -0.1) is 0 Å². The molecule has 0 saturated carbocycles. The summed E-state index contributed by atoms with van der Waals surface area (Å²) in [5, 5.41) is 9.03. The van der Waals surface area contributed by atoms with E-state index in [4.69, 9.17) is 10.00 Å². The standard InChI is InChI=1S/C11H9N3O2/c1-16-8-2-3-9-10(6-8)13-7-14(5-4-12)11(9)15/h2-3,6-7H,5H2,1H3. The SMILES string of the molecule is COc1ccc2c(=O)n(CC#N)cnc2c1. The number of methoxy groups -OCH3 is 1. The van der Waals surface area contributed by atoms with E-state index in [-0.39, 0.29) is 12.1 Å². The summed E-state index contributed by atoms with van der Waals surface area (Å²) in [7, 11) is 1.55. The maximum absolute atomic E-state index is 11.8. The molecule has 5 heteroatoms. The molecule has 0 bridgehead atoms. The summed E-state index contributed by atoms with van der Waals surface area (Å²) in [5.74, 6) is 0.650. The molecule has 0 fully saturated rings. The van der Waals surface area contributed by atoms with Crippen molar-refractivity contribution in [1.82, 2.24) is 9.55 Å². The van der Waals surface area contributed by atoms with Crippen molar-refractivity contribution in [2.75, 3.05) is 7.11 Å². The maximum Gasteiger partial charge on any atom is 0.262 e. The van der Waals surface area contributed by atoms with Gasteiger partial charge in [-0.1, -0.05) is 0 Å². The van der Waals surface area contributed by atoms with Crippen molar-refractivity contribution in [2.45, 2.75) is 6.54 Å². The molecule has 2 aromatic rings. The predicted molar refractivity (Wildman–Crippen MR) is 58.2 cm³/mol. The molecule has 1 heterocycles. The van der Waals surface area contributed by atoms with Crippen molar-refractivity contribution >= 4 is 10.9 Å². The van der Waals surface area contributed by atoms with Crippen molar-refractivity contribution in [3.05, 3.63) is 34.9 Å². The van der Waals surface area contributed by atoms with Gasteiger partial charge < -0.3 is 4.74 Å². The number of rotatable bonds is 2. The molecule has 0 saturated heterocycles. The smallest absolute Gasteiger partial charge is 0.262 e. The summed E-state index contributed by atoms with van der Waals surface area (Å²) in [6.45, 7) is 0.00774. The third-order valence-corrected chi connectivity index (χ3v) is 2.27. The van der Waals surface area contributed by atoms with Crippen LogP contribution in [0, 0.1) is 11.3 Å². The molecular formula is C11H9N3O2. The Kier molecular flexibility index (Phi) is 2.56. The van der Waals surface area contributed by atoms with Gasteiger partial charge in [0.05, 0.1) is 30.4 Å². The van der Waals surface area contributed by atoms with Crippen LogP contribution in [-0.4, -0.2) is 16.7 Å². The average Bonchev–Trinajstić information content (AvgIpc) is 2.32. The molecule has 0 atom stereocenters. The van der Waals surface area contributed by atoms with Gasteiger partial charge >= 0.3 is 0 Å². The van der Waals surface area contributed by atoms with E-state index < -0.39 is 0 Å². The lowest BCUT2D eigenvalue weighted by Gasteiger charge is -2.03. The van der Waals surface area contributed by atoms with Crippen LogP contribution in [0.2, 0.25) is 0 Å². The summed E-state index contributed by atoms with van der Waals surface area (Å²) in [6, 6.07) is 6.95. The topological polar surface area (TPSA) is 67.9 Å². The number of nitrogens with zero attached hydrogens (tertiary/aromatic N) is 3. The van der Waals surface area contributed by atoms with Crippen LogP contribution in [0.3, 0.4) is 0 Å². The van der Waals surface area contributed by atoms with Gasteiger partial charge in [0.25, 0.3) is 5.56 Å². The van der Waals surface area contributed by atoms with Gasteiger partial charge in [-0.25, -0.2) is 4.98 Å². The molecule has 16 heavy (non-hydrogen) atoms. The lowest BCUT2D eigenvalue weighted by Crippen LogP contribution is -2.19. The van der Waals surface area contributed by atoms with Crippen LogP contribution in [0.5, 0.6) is 5.75 Å². The second-order valence-electron chi connectivity index (χ2n) is 3.22. The zero-order valence-corrected chi connectivity index (χ0v) is 8.67. The minimum absolute atomic E-state index is 0.00774. The highest BCUT2D eigenvalue weighted by atomic mass is 16.5. The fourth-order valence-electron chi connectivity index (χ4n) is 1.45. The van der Waals surface area contributed by atoms with Gasteiger partial charge in [-0.3, -0.25) is 9.36 Å². The maximum atomic E-state index is 11.8. The Morgan fingerprint density at radius 2 is 2.38 bits per heavy atom. The van der Waals surface area contributed by atoms with Gasteiger partial charge in [-0.05, 0) is 12.1 Å². The first kappa shape index (κ1) is 10.2. The molecule has 0 radical (unpaired) electrons. The Morgan fingerprint density at radius 3 is 3.06 bits per heavy atom. The van der Waals surface area contributed by atoms with Gasteiger partial charge in [0.1, 0.15) is 12.3 Å². The first-order chi connectivity index (χ1) is 7.76. The predicted octanol–water partition coefficient (Wildman–Crippen LogP) is 0.929. The first-order valence-corrected chi connectivity index (χ1v) is 4.66. The molecule has 0 amide bonds. The molecule has 1 aromatic heterocycles. The van der Waals surface area contributed by atoms with Crippen LogP contribution in [-0.2, 0) is 6.54 Å². The normalized spacial score (nSPS) is 10.0. The Balaban J connectivity index is 2.68. The molecule has 0 unspecified atom stereocenters. The number of benzene rings is 1. The summed E-state index contributed by atoms with van der Waals surface area (Å²) in [6.07, 6.45) is 1.37. The van der Waals surface area contributed by atoms with E-state index in [9.17, 15) is 4.79 Å². The van der Waals surface area contributed by atoms with Crippen LogP contribution in [0.25, 0.3) is 10.9 Å². The summed E-state index contributed by atoms with van der Waals surface area (Å²) < 4.78 is 6.31. The number of hydrogen-bond donors (Lipinski definition) is 0. The van der Waals surface area contributed by atoms with Crippen molar-refractivity contribution in [1.29, 1.82) is 5.26 Å². The second kappa shape index (κ2) is 4.03. The molecule has 0 aliphatic carbocycles. The number of nitriles is 1. The molecule has 0 spiro atoms. The number of aromatic nitrogens is 2. The Hall–Kier alpha value is -2.35. The molecular weight excluding hydrogens is 206 g/mol. The van der Waals surface area contributed by atoms with Gasteiger partial charge in [0.2, 0.25) is 0 Å². The van der Waals surface area contributed by atoms with E-state index in [1.54, 1.807) is 25.3 Å². The molecule has 0 aliphatic rings. The Morgan fingerprint density at radius 1 is 1.56 bits per heavy atom. The summed E-state index contributed by atoms with van der Waals surface area (Å²) in [4.78, 5) is 16.0. The van der Waals surface area contributed by atoms with Crippen LogP contribution in [0.1, 0.15) is 0 Å². The molecule has 2 rings (SSSR count). The zero-order chi connectivity index (χ0) is 11.5. The molecule has 1 aromatic carbocycles. The first-order valence-electron chi connectivity index (χ1n) is 4.66. The Bertz CT molecular complexity index is 625. The largest absolute Gasteiger partial charge is 0.497 e. The van der Waals surface area contributed by atoms with E-state index in [2.05, 4.69) is 4.98 Å². The lowest BCUT2D eigenvalue weighted by molar-refractivity contribution is 0.415. The van der Waals surface area contributed by atoms with Crippen LogP contribution in [0.15, 0.2) is 29.3 Å². The molecule has 0 aliphatic heterocycles. The van der Waals surface area contributed by atoms with Crippen molar-refractivity contribution in [3.63, 3.8) is 0 Å². The van der Waals surface area contributed by atoms with Crippen LogP contribution in [0.4, 0.5) is 0 Å². The highest BCUT2D eigenvalue weighted by Gasteiger charge is 2.04. The van der Waals surface area contributed by atoms with E-state index in [1.165, 1.54) is 10.9 Å². The quantitative estimate of drug-likeness (QED) is 0.747. The van der Waals surface area contributed by atoms with Gasteiger partial charge in [0.15, 0.2) is 0 Å². The molecule has 5 nitrogen and oxygen atoms in total. The van der Waals surface area contributed by atoms with E-state index in [0.29, 0.717) is 16.7 Å². The van der Waals surface area contributed by atoms with Gasteiger partial charge in [0, 0.05) is 6.07 Å². The zero-order valence-electron chi connectivity index (χ0n) is 8.67. The Labute approximate surface area is 91.5 Å². The highest BCUT2D eigenvalue weighted by molar-refractivity contribution is 5.78. The molecule has 0 N–H and O–H groups in total. The lowest BCUT2D eigenvalue weighted by atomic mass is 10.2. The fourth-order valence-corrected chi connectivity index (χ4v) is 1.45. The van der Waals surface area contributed by atoms with Crippen molar-refractivity contribution < 1.29 is 4.74 Å². The minimum Gasteiger partial charge on any atom is -0.497 e. The van der Waals surface area contributed by atoms with E-state index in [0.717, 1.165) is 0 Å². The minimum atomic E-state index is -0.214. The number of ether oxygens (including phenoxy) is 1. The van der Waals surface area contributed by atoms with E-state index >= 15 is 0 Å². The van der Waals surface area contributed by atoms with Crippen LogP contribution < -0.4 is 10.3 Å². The van der Waals surface area contributed by atoms with Crippen molar-refractivity contribution in [2.24, 2.45) is 0 Å². The molecule has 80 valence electrons. The van der Waals surface area contributed by atoms with E-state index in [1.807, 2.05) is 6.07 Å². The third-order valence-electron chi connectivity index (χ3n) is 2.27. The van der Waals surface area contributed by atoms with Crippen molar-refractivity contribution in [3.8, 4) is 11.8 Å². The number of fused-ring (bicyclic) bond motifs is 1. The third kappa shape index (κ3) is 1.61. The van der Waals surface area contributed by atoms with Crippen LogP contribution >= 0.6 is 0 Å². The number of hydrogen-bond acceptors (Lipinski definition) is 4. The average molecular weight is 215 g/mol. The van der Waals surface area contributed by atoms with Gasteiger partial charge in [-0.2, -0.15) is 5.26 Å².